The Hall–Kier alpha value is -3.58. The summed E-state index contributed by atoms with van der Waals surface area (Å²) in [5.74, 6) is 1.15. The van der Waals surface area contributed by atoms with Gasteiger partial charge in [0.15, 0.2) is 5.78 Å². The molecule has 1 aliphatic heterocycles. The highest BCUT2D eigenvalue weighted by Gasteiger charge is 2.42. The molecule has 2 aliphatic rings. The van der Waals surface area contributed by atoms with Crippen LogP contribution in [0.1, 0.15) is 40.9 Å². The van der Waals surface area contributed by atoms with Crippen molar-refractivity contribution >= 4 is 22.9 Å². The Bertz CT molecular complexity index is 1340. The number of carbonyl (C=O) groups excluding carboxylic acids is 1. The Balaban J connectivity index is 1.52. The number of rotatable bonds is 3. The van der Waals surface area contributed by atoms with Crippen LogP contribution in [0.5, 0.6) is 0 Å². The monoisotopic (exact) mass is 429 g/mol. The van der Waals surface area contributed by atoms with Crippen LogP contribution in [0.25, 0.3) is 5.69 Å². The number of thiophene rings is 1. The van der Waals surface area contributed by atoms with Crippen molar-refractivity contribution in [2.45, 2.75) is 24.7 Å². The van der Waals surface area contributed by atoms with Crippen molar-refractivity contribution in [1.82, 2.24) is 9.78 Å². The summed E-state index contributed by atoms with van der Waals surface area (Å²) in [6.45, 7) is 0. The van der Waals surface area contributed by atoms with Gasteiger partial charge in [-0.15, -0.1) is 11.3 Å². The quantitative estimate of drug-likeness (QED) is 0.491. The van der Waals surface area contributed by atoms with Crippen molar-refractivity contribution < 1.29 is 9.21 Å². The number of Topliss-reactive ketones (excluding diaryl/α,β-unsaturated/α-hetero) is 1. The van der Waals surface area contributed by atoms with Gasteiger partial charge in [-0.2, -0.15) is 0 Å². The van der Waals surface area contributed by atoms with Gasteiger partial charge in [-0.25, -0.2) is 4.68 Å². The molecule has 31 heavy (non-hydrogen) atoms. The van der Waals surface area contributed by atoms with Gasteiger partial charge >= 0.3 is 0 Å². The summed E-state index contributed by atoms with van der Waals surface area (Å²) in [5, 5.41) is 8.61. The van der Waals surface area contributed by atoms with Crippen LogP contribution in [0.15, 0.2) is 86.7 Å². The third kappa shape index (κ3) is 2.84. The average molecular weight is 430 g/mol. The maximum Gasteiger partial charge on any atom is 0.277 e. The van der Waals surface area contributed by atoms with Crippen molar-refractivity contribution in [3.63, 3.8) is 0 Å². The zero-order valence-electron chi connectivity index (χ0n) is 16.5. The Morgan fingerprint density at radius 1 is 1.00 bits per heavy atom. The number of hydrogen-bond donors (Lipinski definition) is 2. The fraction of sp³-hybridized carbons (Fsp3) is 0.167. The smallest absolute Gasteiger partial charge is 0.277 e. The number of anilines is 1. The molecule has 3 aromatic heterocycles. The molecule has 7 heteroatoms. The van der Waals surface area contributed by atoms with Crippen molar-refractivity contribution in [3.05, 3.63) is 104 Å². The maximum atomic E-state index is 13.5. The number of nitrogens with one attached hydrogen (secondary N) is 2. The molecular weight excluding hydrogens is 410 g/mol. The van der Waals surface area contributed by atoms with Crippen LogP contribution >= 0.6 is 11.3 Å². The van der Waals surface area contributed by atoms with Crippen LogP contribution in [-0.2, 0) is 4.79 Å². The van der Waals surface area contributed by atoms with Gasteiger partial charge in [-0.1, -0.05) is 24.3 Å². The molecule has 0 fully saturated rings. The maximum absolute atomic E-state index is 13.5. The molecule has 1 aliphatic carbocycles. The predicted molar refractivity (Wildman–Crippen MR) is 119 cm³/mol. The second-order valence-corrected chi connectivity index (χ2v) is 8.87. The molecule has 2 N–H and O–H groups in total. The van der Waals surface area contributed by atoms with E-state index in [1.807, 2.05) is 60.0 Å². The lowest BCUT2D eigenvalue weighted by Crippen LogP contribution is -2.31. The van der Waals surface area contributed by atoms with E-state index in [0.717, 1.165) is 22.0 Å². The highest BCUT2D eigenvalue weighted by Crippen LogP contribution is 2.47. The number of fused-ring (bicyclic) bond motifs is 1. The van der Waals surface area contributed by atoms with Crippen molar-refractivity contribution in [3.8, 4) is 5.69 Å². The number of benzene rings is 1. The first-order chi connectivity index (χ1) is 15.2. The number of aromatic nitrogens is 2. The molecule has 0 spiro atoms. The van der Waals surface area contributed by atoms with Crippen LogP contribution in [0.3, 0.4) is 0 Å². The normalized spacial score (nSPS) is 20.3. The van der Waals surface area contributed by atoms with Gasteiger partial charge in [0.1, 0.15) is 11.6 Å². The SMILES string of the molecule is O=C1C[C@H](c2ccco2)CC2=C1[C@H](c1cccs1)c1c([nH]n(-c3ccccc3)c1=O)N2. The summed E-state index contributed by atoms with van der Waals surface area (Å²) in [5.41, 5.74) is 2.78. The number of ketones is 1. The highest BCUT2D eigenvalue weighted by molar-refractivity contribution is 7.10. The van der Waals surface area contributed by atoms with Crippen molar-refractivity contribution in [2.24, 2.45) is 0 Å². The van der Waals surface area contributed by atoms with Crippen LogP contribution < -0.4 is 10.9 Å². The molecule has 0 bridgehead atoms. The number of para-hydroxylation sites is 1. The molecule has 4 heterocycles. The van der Waals surface area contributed by atoms with Crippen molar-refractivity contribution in [1.29, 1.82) is 0 Å². The predicted octanol–water partition coefficient (Wildman–Crippen LogP) is 4.78. The number of aromatic amines is 1. The number of nitrogens with zero attached hydrogens (tertiary/aromatic N) is 1. The first-order valence-corrected chi connectivity index (χ1v) is 11.1. The second-order valence-electron chi connectivity index (χ2n) is 7.89. The summed E-state index contributed by atoms with van der Waals surface area (Å²) in [7, 11) is 0. The third-order valence-corrected chi connectivity index (χ3v) is 7.01. The largest absolute Gasteiger partial charge is 0.469 e. The topological polar surface area (TPSA) is 80.0 Å². The van der Waals surface area contributed by atoms with Crippen LogP contribution in [-0.4, -0.2) is 15.6 Å². The van der Waals surface area contributed by atoms with Crippen LogP contribution in [0.2, 0.25) is 0 Å². The van der Waals surface area contributed by atoms with E-state index in [-0.39, 0.29) is 23.2 Å². The van der Waals surface area contributed by atoms with E-state index in [4.69, 9.17) is 4.42 Å². The third-order valence-electron chi connectivity index (χ3n) is 6.08. The first kappa shape index (κ1) is 18.2. The van der Waals surface area contributed by atoms with Gasteiger partial charge in [0.2, 0.25) is 0 Å². The Morgan fingerprint density at radius 2 is 1.87 bits per heavy atom. The fourth-order valence-electron chi connectivity index (χ4n) is 4.72. The van der Waals surface area contributed by atoms with Gasteiger partial charge in [-0.3, -0.25) is 14.7 Å². The lowest BCUT2D eigenvalue weighted by Gasteiger charge is -2.33. The lowest BCUT2D eigenvalue weighted by atomic mass is 9.75. The number of hydrogen-bond acceptors (Lipinski definition) is 5. The lowest BCUT2D eigenvalue weighted by molar-refractivity contribution is -0.116. The van der Waals surface area contributed by atoms with Gasteiger partial charge in [0, 0.05) is 28.5 Å². The summed E-state index contributed by atoms with van der Waals surface area (Å²) in [6, 6.07) is 17.2. The van der Waals surface area contributed by atoms with E-state index >= 15 is 0 Å². The number of carbonyl (C=O) groups is 1. The molecule has 1 aromatic carbocycles. The molecule has 0 saturated carbocycles. The zero-order chi connectivity index (χ0) is 20.9. The summed E-state index contributed by atoms with van der Waals surface area (Å²) >= 11 is 1.57. The number of allylic oxidation sites excluding steroid dienone is 2. The van der Waals surface area contributed by atoms with E-state index < -0.39 is 0 Å². The molecule has 0 saturated heterocycles. The Morgan fingerprint density at radius 3 is 2.61 bits per heavy atom. The van der Waals surface area contributed by atoms with E-state index in [2.05, 4.69) is 10.4 Å². The molecule has 6 rings (SSSR count). The minimum atomic E-state index is -0.370. The standard InChI is InChI=1S/C24H19N3O3S/c28-17-13-14(18-8-4-10-30-18)12-16-20(17)21(19-9-5-11-31-19)22-23(25-16)26-27(24(22)29)15-6-2-1-3-7-15/h1-11,14,21,25-26H,12-13H2/t14-,21+/m1/s1. The number of furan rings is 1. The van der Waals surface area contributed by atoms with Gasteiger partial charge < -0.3 is 9.73 Å². The average Bonchev–Trinajstić information content (AvgIpc) is 3.55. The number of H-pyrrole nitrogens is 1. The van der Waals surface area contributed by atoms with Crippen LogP contribution in [0, 0.1) is 0 Å². The van der Waals surface area contributed by atoms with E-state index in [9.17, 15) is 9.59 Å². The first-order valence-electron chi connectivity index (χ1n) is 10.2. The fourth-order valence-corrected chi connectivity index (χ4v) is 5.56. The minimum Gasteiger partial charge on any atom is -0.469 e. The van der Waals surface area contributed by atoms with Crippen molar-refractivity contribution in [2.75, 3.05) is 5.32 Å². The second kappa shape index (κ2) is 6.99. The molecule has 154 valence electrons. The molecule has 0 radical (unpaired) electrons. The van der Waals surface area contributed by atoms with Gasteiger partial charge in [0.25, 0.3) is 5.56 Å². The molecule has 6 nitrogen and oxygen atoms in total. The molecular formula is C24H19N3O3S. The molecule has 2 atom stereocenters. The summed E-state index contributed by atoms with van der Waals surface area (Å²) < 4.78 is 7.14. The summed E-state index contributed by atoms with van der Waals surface area (Å²) in [6.07, 6.45) is 2.68. The van der Waals surface area contributed by atoms with E-state index in [1.54, 1.807) is 22.3 Å². The Labute approximate surface area is 181 Å². The van der Waals surface area contributed by atoms with Crippen LogP contribution in [0.4, 0.5) is 5.82 Å². The van der Waals surface area contributed by atoms with E-state index in [0.29, 0.717) is 29.8 Å². The summed E-state index contributed by atoms with van der Waals surface area (Å²) in [4.78, 5) is 27.9. The van der Waals surface area contributed by atoms with E-state index in [1.165, 1.54) is 0 Å². The molecule has 4 aromatic rings. The van der Waals surface area contributed by atoms with Gasteiger partial charge in [0.05, 0.1) is 23.4 Å². The highest BCUT2D eigenvalue weighted by atomic mass is 32.1. The minimum absolute atomic E-state index is 0.0118. The Kier molecular flexibility index (Phi) is 4.11. The van der Waals surface area contributed by atoms with Gasteiger partial charge in [-0.05, 0) is 42.1 Å². The molecule has 0 unspecified atom stereocenters. The molecule has 0 amide bonds. The zero-order valence-corrected chi connectivity index (χ0v) is 17.3.